The number of hydrogen-bond donors (Lipinski definition) is 1. The Morgan fingerprint density at radius 3 is 2.54 bits per heavy atom. The third-order valence-electron chi connectivity index (χ3n) is 4.96. The van der Waals surface area contributed by atoms with Gasteiger partial charge in [0.15, 0.2) is 0 Å². The predicted molar refractivity (Wildman–Crippen MR) is 113 cm³/mol. The SMILES string of the molecule is CSc1nc2nc(C)c(CCC(=O)NC(c3ccccc3)C(C)C)c(C)n2n1. The summed E-state index contributed by atoms with van der Waals surface area (Å²) in [6.45, 7) is 8.22. The summed E-state index contributed by atoms with van der Waals surface area (Å²) in [4.78, 5) is 21.6. The Kier molecular flexibility index (Phi) is 6.34. The van der Waals surface area contributed by atoms with Crippen LogP contribution in [-0.4, -0.2) is 31.7 Å². The van der Waals surface area contributed by atoms with Crippen molar-refractivity contribution in [1.29, 1.82) is 0 Å². The average molecular weight is 398 g/mol. The largest absolute Gasteiger partial charge is 0.349 e. The molecule has 0 bridgehead atoms. The number of nitrogens with one attached hydrogen (secondary N) is 1. The van der Waals surface area contributed by atoms with E-state index in [0.717, 1.165) is 22.5 Å². The van der Waals surface area contributed by atoms with Crippen molar-refractivity contribution in [2.75, 3.05) is 6.26 Å². The Hall–Kier alpha value is -2.41. The molecule has 0 saturated heterocycles. The molecule has 0 aliphatic rings. The topological polar surface area (TPSA) is 72.2 Å². The number of fused-ring (bicyclic) bond motifs is 1. The summed E-state index contributed by atoms with van der Waals surface area (Å²) < 4.78 is 1.77. The van der Waals surface area contributed by atoms with Gasteiger partial charge in [0.25, 0.3) is 5.78 Å². The number of thioether (sulfide) groups is 1. The van der Waals surface area contributed by atoms with E-state index in [4.69, 9.17) is 0 Å². The first-order valence-corrected chi connectivity index (χ1v) is 10.7. The lowest BCUT2D eigenvalue weighted by atomic mass is 9.95. The number of rotatable bonds is 7. The second-order valence-electron chi connectivity index (χ2n) is 7.27. The lowest BCUT2D eigenvalue weighted by molar-refractivity contribution is -0.122. The number of aryl methyl sites for hydroxylation is 2. The predicted octanol–water partition coefficient (Wildman–Crippen LogP) is 3.91. The molecule has 0 spiro atoms. The lowest BCUT2D eigenvalue weighted by Gasteiger charge is -2.23. The van der Waals surface area contributed by atoms with Gasteiger partial charge >= 0.3 is 0 Å². The molecule has 1 atom stereocenters. The fourth-order valence-electron chi connectivity index (χ4n) is 3.42. The molecule has 1 unspecified atom stereocenters. The average Bonchev–Trinajstić information content (AvgIpc) is 3.09. The van der Waals surface area contributed by atoms with Gasteiger partial charge in [-0.3, -0.25) is 4.79 Å². The third-order valence-corrected chi connectivity index (χ3v) is 5.49. The van der Waals surface area contributed by atoms with Crippen molar-refractivity contribution in [1.82, 2.24) is 24.9 Å². The number of carbonyl (C=O) groups is 1. The first-order chi connectivity index (χ1) is 13.4. The smallest absolute Gasteiger partial charge is 0.253 e. The van der Waals surface area contributed by atoms with E-state index in [1.807, 2.05) is 38.3 Å². The van der Waals surface area contributed by atoms with Crippen LogP contribution >= 0.6 is 11.8 Å². The Bertz CT molecular complexity index is 968. The highest BCUT2D eigenvalue weighted by molar-refractivity contribution is 7.98. The van der Waals surface area contributed by atoms with Gasteiger partial charge in [-0.1, -0.05) is 55.9 Å². The molecule has 0 saturated carbocycles. The van der Waals surface area contributed by atoms with E-state index in [0.29, 0.717) is 29.7 Å². The minimum atomic E-state index is 0.0101. The molecule has 148 valence electrons. The molecule has 1 N–H and O–H groups in total. The molecule has 2 heterocycles. The first kappa shape index (κ1) is 20.3. The van der Waals surface area contributed by atoms with Crippen LogP contribution in [0, 0.1) is 19.8 Å². The summed E-state index contributed by atoms with van der Waals surface area (Å²) in [5.74, 6) is 0.967. The summed E-state index contributed by atoms with van der Waals surface area (Å²) >= 11 is 1.49. The van der Waals surface area contributed by atoms with E-state index in [9.17, 15) is 4.79 Å². The van der Waals surface area contributed by atoms with Crippen LogP contribution in [-0.2, 0) is 11.2 Å². The van der Waals surface area contributed by atoms with Crippen LogP contribution in [0.25, 0.3) is 5.78 Å². The molecule has 6 nitrogen and oxygen atoms in total. The molecule has 2 aromatic heterocycles. The Labute approximate surface area is 170 Å². The molecule has 1 aromatic carbocycles. The van der Waals surface area contributed by atoms with Gasteiger partial charge in [-0.25, -0.2) is 9.50 Å². The quantitative estimate of drug-likeness (QED) is 0.612. The third kappa shape index (κ3) is 4.35. The van der Waals surface area contributed by atoms with Crippen molar-refractivity contribution in [3.05, 3.63) is 52.8 Å². The van der Waals surface area contributed by atoms with Gasteiger partial charge in [0, 0.05) is 17.8 Å². The zero-order valence-electron chi connectivity index (χ0n) is 17.1. The van der Waals surface area contributed by atoms with Crippen LogP contribution in [0.3, 0.4) is 0 Å². The lowest BCUT2D eigenvalue weighted by Crippen LogP contribution is -2.32. The van der Waals surface area contributed by atoms with E-state index >= 15 is 0 Å². The number of hydrogen-bond acceptors (Lipinski definition) is 5. The van der Waals surface area contributed by atoms with E-state index in [1.54, 1.807) is 4.52 Å². The number of amides is 1. The first-order valence-electron chi connectivity index (χ1n) is 9.51. The summed E-state index contributed by atoms with van der Waals surface area (Å²) in [5, 5.41) is 8.37. The molecule has 3 rings (SSSR count). The number of benzene rings is 1. The summed E-state index contributed by atoms with van der Waals surface area (Å²) in [7, 11) is 0. The van der Waals surface area contributed by atoms with Crippen LogP contribution in [0.1, 0.15) is 48.8 Å². The van der Waals surface area contributed by atoms with E-state index in [1.165, 1.54) is 11.8 Å². The van der Waals surface area contributed by atoms with Crippen molar-refractivity contribution in [2.45, 2.75) is 51.7 Å². The molecule has 3 aromatic rings. The zero-order chi connectivity index (χ0) is 20.3. The van der Waals surface area contributed by atoms with Crippen LogP contribution in [0.4, 0.5) is 0 Å². The van der Waals surface area contributed by atoms with Crippen LogP contribution < -0.4 is 5.32 Å². The molecular weight excluding hydrogens is 370 g/mol. The molecule has 0 aliphatic heterocycles. The Balaban J connectivity index is 1.73. The molecule has 28 heavy (non-hydrogen) atoms. The number of carbonyl (C=O) groups excluding carboxylic acids is 1. The molecular formula is C21H27N5OS. The van der Waals surface area contributed by atoms with Gasteiger partial charge in [0.2, 0.25) is 11.1 Å². The number of nitrogens with zero attached hydrogens (tertiary/aromatic N) is 4. The zero-order valence-corrected chi connectivity index (χ0v) is 17.9. The normalized spacial score (nSPS) is 12.5. The maximum absolute atomic E-state index is 12.7. The maximum Gasteiger partial charge on any atom is 0.253 e. The van der Waals surface area contributed by atoms with E-state index in [2.05, 4.69) is 46.4 Å². The number of aromatic nitrogens is 4. The van der Waals surface area contributed by atoms with Crippen molar-refractivity contribution in [3.8, 4) is 0 Å². The minimum Gasteiger partial charge on any atom is -0.349 e. The molecule has 1 amide bonds. The van der Waals surface area contributed by atoms with E-state index < -0.39 is 0 Å². The fraction of sp³-hybridized carbons (Fsp3) is 0.429. The Morgan fingerprint density at radius 2 is 1.89 bits per heavy atom. The summed E-state index contributed by atoms with van der Waals surface area (Å²) in [5.41, 5.74) is 4.09. The van der Waals surface area contributed by atoms with Gasteiger partial charge < -0.3 is 5.32 Å². The van der Waals surface area contributed by atoms with Gasteiger partial charge in [0.05, 0.1) is 6.04 Å². The standard InChI is InChI=1S/C21H27N5OS/c1-13(2)19(16-9-7-6-8-10-16)23-18(27)12-11-17-14(3)22-20-24-21(28-5)25-26(20)15(17)4/h6-10,13,19H,11-12H2,1-5H3,(H,23,27). The van der Waals surface area contributed by atoms with Crippen LogP contribution in [0.5, 0.6) is 0 Å². The van der Waals surface area contributed by atoms with Crippen LogP contribution in [0.15, 0.2) is 35.5 Å². The highest BCUT2D eigenvalue weighted by Crippen LogP contribution is 2.22. The molecule has 0 fully saturated rings. The Morgan fingerprint density at radius 1 is 1.18 bits per heavy atom. The molecule has 0 aliphatic carbocycles. The molecule has 7 heteroatoms. The van der Waals surface area contributed by atoms with Crippen LogP contribution in [0.2, 0.25) is 0 Å². The highest BCUT2D eigenvalue weighted by Gasteiger charge is 2.19. The monoisotopic (exact) mass is 397 g/mol. The van der Waals surface area contributed by atoms with Crippen molar-refractivity contribution < 1.29 is 4.79 Å². The second kappa shape index (κ2) is 8.73. The molecule has 0 radical (unpaired) electrons. The fourth-order valence-corrected chi connectivity index (χ4v) is 3.75. The summed E-state index contributed by atoms with van der Waals surface area (Å²) in [6.07, 6.45) is 2.98. The van der Waals surface area contributed by atoms with Gasteiger partial charge in [-0.05, 0) is 43.6 Å². The van der Waals surface area contributed by atoms with Gasteiger partial charge in [-0.2, -0.15) is 4.98 Å². The second-order valence-corrected chi connectivity index (χ2v) is 8.04. The van der Waals surface area contributed by atoms with Gasteiger partial charge in [-0.15, -0.1) is 5.10 Å². The summed E-state index contributed by atoms with van der Waals surface area (Å²) in [6, 6.07) is 10.1. The van der Waals surface area contributed by atoms with Crippen molar-refractivity contribution >= 4 is 23.4 Å². The highest BCUT2D eigenvalue weighted by atomic mass is 32.2. The maximum atomic E-state index is 12.7. The van der Waals surface area contributed by atoms with Crippen molar-refractivity contribution in [2.24, 2.45) is 5.92 Å². The van der Waals surface area contributed by atoms with Crippen molar-refractivity contribution in [3.63, 3.8) is 0 Å². The minimum absolute atomic E-state index is 0.0101. The van der Waals surface area contributed by atoms with Gasteiger partial charge in [0.1, 0.15) is 0 Å². The van der Waals surface area contributed by atoms with E-state index in [-0.39, 0.29) is 11.9 Å².